The molecule has 1 amide bonds. The van der Waals surface area contributed by atoms with Crippen molar-refractivity contribution >= 4 is 16.8 Å². The molecule has 128 valence electrons. The maximum Gasteiger partial charge on any atom is 0.270 e. The van der Waals surface area contributed by atoms with E-state index in [0.29, 0.717) is 36.6 Å². The zero-order valence-electron chi connectivity index (χ0n) is 13.7. The van der Waals surface area contributed by atoms with Crippen LogP contribution in [0.25, 0.3) is 10.9 Å². The fraction of sp³-hybridized carbons (Fsp3) is 0.278. The highest BCUT2D eigenvalue weighted by Gasteiger charge is 2.28. The van der Waals surface area contributed by atoms with Gasteiger partial charge in [0.15, 0.2) is 5.82 Å². The Kier molecular flexibility index (Phi) is 3.93. The lowest BCUT2D eigenvalue weighted by Gasteiger charge is -2.32. The van der Waals surface area contributed by atoms with E-state index in [1.165, 1.54) is 12.1 Å². The molecule has 1 saturated heterocycles. The first-order valence-corrected chi connectivity index (χ1v) is 8.09. The number of H-pyrrole nitrogens is 1. The number of rotatable bonds is 2. The van der Waals surface area contributed by atoms with Crippen LogP contribution in [-0.4, -0.2) is 45.5 Å². The summed E-state index contributed by atoms with van der Waals surface area (Å²) >= 11 is 0. The zero-order valence-corrected chi connectivity index (χ0v) is 13.7. The van der Waals surface area contributed by atoms with Crippen molar-refractivity contribution in [1.29, 1.82) is 0 Å². The van der Waals surface area contributed by atoms with Crippen LogP contribution in [0.5, 0.6) is 0 Å². The number of aryl methyl sites for hydroxylation is 1. The Morgan fingerprint density at radius 2 is 2.24 bits per heavy atom. The summed E-state index contributed by atoms with van der Waals surface area (Å²) in [6.07, 6.45) is 1.34. The Balaban J connectivity index is 1.56. The van der Waals surface area contributed by atoms with Gasteiger partial charge in [-0.3, -0.25) is 4.79 Å². The molecule has 6 nitrogen and oxygen atoms in total. The number of amides is 1. The molecule has 3 heterocycles. The molecular weight excluding hydrogens is 323 g/mol. The summed E-state index contributed by atoms with van der Waals surface area (Å²) in [5.41, 5.74) is 2.03. The molecule has 4 rings (SSSR count). The lowest BCUT2D eigenvalue weighted by molar-refractivity contribution is -0.0270. The molecule has 1 aliphatic rings. The quantitative estimate of drug-likeness (QED) is 0.778. The zero-order chi connectivity index (χ0) is 17.4. The van der Waals surface area contributed by atoms with Crippen LogP contribution in [-0.2, 0) is 4.74 Å². The van der Waals surface area contributed by atoms with Crippen molar-refractivity contribution in [3.05, 3.63) is 59.6 Å². The smallest absolute Gasteiger partial charge is 0.270 e. The molecule has 0 unspecified atom stereocenters. The largest absolute Gasteiger partial charge is 0.367 e. The van der Waals surface area contributed by atoms with Crippen molar-refractivity contribution in [1.82, 2.24) is 19.9 Å². The third-order valence-electron chi connectivity index (χ3n) is 4.27. The molecular formula is C18H17FN4O2. The molecule has 3 aromatic rings. The van der Waals surface area contributed by atoms with Crippen LogP contribution in [0.2, 0.25) is 0 Å². The third kappa shape index (κ3) is 3.10. The van der Waals surface area contributed by atoms with E-state index in [-0.39, 0.29) is 17.8 Å². The van der Waals surface area contributed by atoms with Crippen LogP contribution in [0.3, 0.4) is 0 Å². The molecule has 1 aliphatic heterocycles. The molecule has 1 atom stereocenters. The second-order valence-electron chi connectivity index (χ2n) is 6.08. The molecule has 0 aliphatic carbocycles. The summed E-state index contributed by atoms with van der Waals surface area (Å²) in [5.74, 6) is 0.113. The fourth-order valence-corrected chi connectivity index (χ4v) is 3.00. The van der Waals surface area contributed by atoms with E-state index < -0.39 is 0 Å². The highest BCUT2D eigenvalue weighted by Crippen LogP contribution is 2.22. The first-order valence-electron chi connectivity index (χ1n) is 8.09. The third-order valence-corrected chi connectivity index (χ3v) is 4.27. The topological polar surface area (TPSA) is 71.1 Å². The van der Waals surface area contributed by atoms with E-state index in [9.17, 15) is 9.18 Å². The molecule has 25 heavy (non-hydrogen) atoms. The van der Waals surface area contributed by atoms with Gasteiger partial charge in [0, 0.05) is 29.3 Å². The van der Waals surface area contributed by atoms with Crippen molar-refractivity contribution in [2.75, 3.05) is 19.7 Å². The summed E-state index contributed by atoms with van der Waals surface area (Å²) in [7, 11) is 0. The predicted molar refractivity (Wildman–Crippen MR) is 89.6 cm³/mol. The van der Waals surface area contributed by atoms with E-state index in [1.54, 1.807) is 23.2 Å². The number of hydrogen-bond donors (Lipinski definition) is 1. The van der Waals surface area contributed by atoms with Gasteiger partial charge in [0.25, 0.3) is 5.91 Å². The molecule has 1 fully saturated rings. The highest BCUT2D eigenvalue weighted by atomic mass is 19.1. The van der Waals surface area contributed by atoms with Crippen LogP contribution < -0.4 is 0 Å². The van der Waals surface area contributed by atoms with Crippen LogP contribution in [0.15, 0.2) is 36.5 Å². The molecule has 0 bridgehead atoms. The second-order valence-corrected chi connectivity index (χ2v) is 6.08. The van der Waals surface area contributed by atoms with Crippen molar-refractivity contribution in [2.24, 2.45) is 0 Å². The Morgan fingerprint density at radius 3 is 3.08 bits per heavy atom. The number of nitrogens with one attached hydrogen (secondary N) is 1. The lowest BCUT2D eigenvalue weighted by Crippen LogP contribution is -2.42. The van der Waals surface area contributed by atoms with Crippen molar-refractivity contribution < 1.29 is 13.9 Å². The molecule has 7 heteroatoms. The Bertz CT molecular complexity index is 940. The molecule has 1 N–H and O–H groups in total. The number of halogens is 1. The number of aromatic nitrogens is 3. The van der Waals surface area contributed by atoms with E-state index >= 15 is 0 Å². The SMILES string of the molecule is Cc1ccnc([C@@H]2CN(C(=O)c3cc4cc(F)ccc4[nH]3)CCO2)n1. The maximum atomic E-state index is 13.3. The number of aromatic amines is 1. The van der Waals surface area contributed by atoms with Gasteiger partial charge in [-0.25, -0.2) is 14.4 Å². The Labute approximate surface area is 143 Å². The number of hydrogen-bond acceptors (Lipinski definition) is 4. The minimum atomic E-state index is -0.348. The summed E-state index contributed by atoms with van der Waals surface area (Å²) < 4.78 is 19.1. The van der Waals surface area contributed by atoms with Crippen molar-refractivity contribution in [3.63, 3.8) is 0 Å². The summed E-state index contributed by atoms with van der Waals surface area (Å²) in [5, 5.41) is 0.676. The predicted octanol–water partition coefficient (Wildman–Crippen LogP) is 2.62. The molecule has 0 radical (unpaired) electrons. The van der Waals surface area contributed by atoms with Gasteiger partial charge in [-0.2, -0.15) is 0 Å². The first kappa shape index (κ1) is 15.7. The number of carbonyl (C=O) groups excluding carboxylic acids is 1. The molecule has 0 spiro atoms. The van der Waals surface area contributed by atoms with Crippen LogP contribution >= 0.6 is 0 Å². The van der Waals surface area contributed by atoms with Crippen molar-refractivity contribution in [2.45, 2.75) is 13.0 Å². The van der Waals surface area contributed by atoms with Gasteiger partial charge in [-0.15, -0.1) is 0 Å². The van der Waals surface area contributed by atoms with E-state index in [0.717, 1.165) is 11.2 Å². The summed E-state index contributed by atoms with van der Waals surface area (Å²) in [6, 6.07) is 7.90. The number of fused-ring (bicyclic) bond motifs is 1. The average Bonchev–Trinajstić information content (AvgIpc) is 3.04. The minimum Gasteiger partial charge on any atom is -0.367 e. The lowest BCUT2D eigenvalue weighted by atomic mass is 10.2. The van der Waals surface area contributed by atoms with E-state index in [1.807, 2.05) is 13.0 Å². The minimum absolute atomic E-state index is 0.141. The van der Waals surface area contributed by atoms with Gasteiger partial charge in [0.05, 0.1) is 13.2 Å². The van der Waals surface area contributed by atoms with Crippen LogP contribution in [0.4, 0.5) is 4.39 Å². The number of morpholine rings is 1. The number of ether oxygens (including phenoxy) is 1. The normalized spacial score (nSPS) is 17.8. The summed E-state index contributed by atoms with van der Waals surface area (Å²) in [4.78, 5) is 26.2. The highest BCUT2D eigenvalue weighted by molar-refractivity contribution is 5.98. The Morgan fingerprint density at radius 1 is 1.36 bits per heavy atom. The van der Waals surface area contributed by atoms with Gasteiger partial charge in [0.2, 0.25) is 0 Å². The van der Waals surface area contributed by atoms with E-state index in [4.69, 9.17) is 4.74 Å². The fourth-order valence-electron chi connectivity index (χ4n) is 3.00. The van der Waals surface area contributed by atoms with E-state index in [2.05, 4.69) is 15.0 Å². The standard InChI is InChI=1S/C18H17FN4O2/c1-11-4-5-20-17(21-11)16-10-23(6-7-25-16)18(24)15-9-12-8-13(19)2-3-14(12)22-15/h2-5,8-9,16,22H,6-7,10H2,1H3/t16-/m0/s1. The average molecular weight is 340 g/mol. The van der Waals surface area contributed by atoms with Gasteiger partial charge in [-0.1, -0.05) is 0 Å². The molecule has 2 aromatic heterocycles. The van der Waals surface area contributed by atoms with Crippen LogP contribution in [0, 0.1) is 12.7 Å². The van der Waals surface area contributed by atoms with Crippen LogP contribution in [0.1, 0.15) is 28.1 Å². The van der Waals surface area contributed by atoms with Crippen molar-refractivity contribution in [3.8, 4) is 0 Å². The van der Waals surface area contributed by atoms with Gasteiger partial charge in [0.1, 0.15) is 17.6 Å². The summed E-state index contributed by atoms with van der Waals surface area (Å²) in [6.45, 7) is 3.18. The van der Waals surface area contributed by atoms with Gasteiger partial charge < -0.3 is 14.6 Å². The molecule has 0 saturated carbocycles. The number of carbonyl (C=O) groups is 1. The number of benzene rings is 1. The number of nitrogens with zero attached hydrogens (tertiary/aromatic N) is 3. The second kappa shape index (κ2) is 6.25. The van der Waals surface area contributed by atoms with Gasteiger partial charge >= 0.3 is 0 Å². The first-order chi connectivity index (χ1) is 12.1. The molecule has 1 aromatic carbocycles. The van der Waals surface area contributed by atoms with Gasteiger partial charge in [-0.05, 0) is 37.3 Å². The maximum absolute atomic E-state index is 13.3. The Hall–Kier alpha value is -2.80. The monoisotopic (exact) mass is 340 g/mol.